The van der Waals surface area contributed by atoms with E-state index in [4.69, 9.17) is 14.5 Å². The zero-order valence-electron chi connectivity index (χ0n) is 21.2. The van der Waals surface area contributed by atoms with Gasteiger partial charge in [0, 0.05) is 38.9 Å². The van der Waals surface area contributed by atoms with Crippen molar-refractivity contribution in [1.29, 1.82) is 0 Å². The molecule has 0 aliphatic carbocycles. The van der Waals surface area contributed by atoms with Crippen LogP contribution < -0.4 is 5.32 Å². The van der Waals surface area contributed by atoms with E-state index in [2.05, 4.69) is 25.2 Å². The number of hydrogen-bond acceptors (Lipinski definition) is 8. The maximum atomic E-state index is 13.6. The second kappa shape index (κ2) is 10.7. The van der Waals surface area contributed by atoms with Crippen molar-refractivity contribution >= 4 is 11.9 Å². The quantitative estimate of drug-likeness (QED) is 0.489. The number of benzene rings is 1. The number of nitrogens with one attached hydrogen (secondary N) is 2. The standard InChI is InChI=1S/C25H32FN7O3/c1-25(23(34)33(4)5)14-35-22(36-15-25)21-30-19(16-6-8-17(26)9-7-16)20(31-21)18-10-11-27-24(29-18)28-12-13-32(2)3/h6-11,22H,12-15H2,1-5H3,(H,30,31)(H,27,28,29). The molecule has 3 heterocycles. The first-order valence-corrected chi connectivity index (χ1v) is 11.7. The lowest BCUT2D eigenvalue weighted by Gasteiger charge is -2.36. The Morgan fingerprint density at radius 1 is 1.14 bits per heavy atom. The van der Waals surface area contributed by atoms with E-state index >= 15 is 0 Å². The highest BCUT2D eigenvalue weighted by molar-refractivity contribution is 5.82. The molecule has 4 rings (SSSR count). The summed E-state index contributed by atoms with van der Waals surface area (Å²) in [5.41, 5.74) is 1.74. The zero-order valence-corrected chi connectivity index (χ0v) is 21.2. The van der Waals surface area contributed by atoms with Gasteiger partial charge in [0.15, 0.2) is 5.82 Å². The van der Waals surface area contributed by atoms with E-state index < -0.39 is 11.7 Å². The average molecular weight is 498 g/mol. The number of hydrogen-bond donors (Lipinski definition) is 2. The molecule has 0 bridgehead atoms. The van der Waals surface area contributed by atoms with Crippen molar-refractivity contribution in [2.75, 3.05) is 59.8 Å². The molecule has 2 N–H and O–H groups in total. The van der Waals surface area contributed by atoms with Crippen LogP contribution in [0.25, 0.3) is 22.6 Å². The van der Waals surface area contributed by atoms with Crippen LogP contribution in [0.4, 0.5) is 10.3 Å². The molecular weight excluding hydrogens is 465 g/mol. The fourth-order valence-electron chi connectivity index (χ4n) is 3.91. The highest BCUT2D eigenvalue weighted by Crippen LogP contribution is 2.36. The van der Waals surface area contributed by atoms with Gasteiger partial charge in [0.25, 0.3) is 0 Å². The molecule has 1 fully saturated rings. The van der Waals surface area contributed by atoms with E-state index in [1.54, 1.807) is 38.5 Å². The number of likely N-dealkylation sites (N-methyl/N-ethyl adjacent to an activating group) is 1. The molecule has 1 aliphatic heterocycles. The number of anilines is 1. The van der Waals surface area contributed by atoms with Crippen LogP contribution in [0, 0.1) is 11.2 Å². The predicted octanol–water partition coefficient (Wildman–Crippen LogP) is 2.79. The molecule has 2 aromatic heterocycles. The van der Waals surface area contributed by atoms with Gasteiger partial charge in [-0.1, -0.05) is 0 Å². The smallest absolute Gasteiger partial charge is 0.232 e. The van der Waals surface area contributed by atoms with Crippen molar-refractivity contribution in [3.63, 3.8) is 0 Å². The summed E-state index contributed by atoms with van der Waals surface area (Å²) < 4.78 is 25.5. The molecule has 1 saturated heterocycles. The van der Waals surface area contributed by atoms with Gasteiger partial charge >= 0.3 is 0 Å². The molecule has 192 valence electrons. The van der Waals surface area contributed by atoms with Crippen LogP contribution in [0.2, 0.25) is 0 Å². The fraction of sp³-hybridized carbons (Fsp3) is 0.440. The molecule has 1 aromatic carbocycles. The van der Waals surface area contributed by atoms with Crippen molar-refractivity contribution in [2.24, 2.45) is 5.41 Å². The Hall–Kier alpha value is -3.41. The van der Waals surface area contributed by atoms with E-state index in [-0.39, 0.29) is 24.9 Å². The van der Waals surface area contributed by atoms with E-state index in [1.807, 2.05) is 21.0 Å². The summed E-state index contributed by atoms with van der Waals surface area (Å²) in [6, 6.07) is 7.86. The number of halogens is 1. The number of aromatic nitrogens is 4. The van der Waals surface area contributed by atoms with Gasteiger partial charge < -0.3 is 29.6 Å². The summed E-state index contributed by atoms with van der Waals surface area (Å²) in [4.78, 5) is 33.1. The average Bonchev–Trinajstić information content (AvgIpc) is 3.30. The van der Waals surface area contributed by atoms with Crippen molar-refractivity contribution in [2.45, 2.75) is 13.2 Å². The third-order valence-corrected chi connectivity index (χ3v) is 5.85. The number of amides is 1. The second-order valence-corrected chi connectivity index (χ2v) is 9.56. The number of rotatable bonds is 8. The number of imidazole rings is 1. The van der Waals surface area contributed by atoms with Crippen LogP contribution in [0.15, 0.2) is 36.5 Å². The van der Waals surface area contributed by atoms with Gasteiger partial charge in [0.1, 0.15) is 5.82 Å². The van der Waals surface area contributed by atoms with Crippen LogP contribution in [-0.4, -0.2) is 90.1 Å². The first kappa shape index (κ1) is 25.7. The predicted molar refractivity (Wildman–Crippen MR) is 133 cm³/mol. The number of ether oxygens (including phenoxy) is 2. The first-order chi connectivity index (χ1) is 17.2. The number of nitrogens with zero attached hydrogens (tertiary/aromatic N) is 5. The largest absolute Gasteiger partial charge is 0.353 e. The van der Waals surface area contributed by atoms with Gasteiger partial charge in [-0.15, -0.1) is 0 Å². The Kier molecular flexibility index (Phi) is 7.62. The number of carbonyl (C=O) groups is 1. The Morgan fingerprint density at radius 3 is 2.47 bits per heavy atom. The molecule has 1 amide bonds. The van der Waals surface area contributed by atoms with Gasteiger partial charge in [-0.2, -0.15) is 0 Å². The van der Waals surface area contributed by atoms with Crippen molar-refractivity contribution in [3.05, 3.63) is 48.2 Å². The zero-order chi connectivity index (χ0) is 25.9. The lowest BCUT2D eigenvalue weighted by atomic mass is 9.90. The molecule has 0 radical (unpaired) electrons. The molecule has 11 heteroatoms. The summed E-state index contributed by atoms with van der Waals surface area (Å²) in [7, 11) is 7.40. The second-order valence-electron chi connectivity index (χ2n) is 9.56. The van der Waals surface area contributed by atoms with Gasteiger partial charge in [-0.05, 0) is 51.4 Å². The molecule has 0 saturated carbocycles. The van der Waals surface area contributed by atoms with Crippen molar-refractivity contribution < 1.29 is 18.7 Å². The monoisotopic (exact) mass is 497 g/mol. The van der Waals surface area contributed by atoms with Crippen LogP contribution in [0.5, 0.6) is 0 Å². The number of H-pyrrole nitrogens is 1. The van der Waals surface area contributed by atoms with Crippen molar-refractivity contribution in [1.82, 2.24) is 29.7 Å². The van der Waals surface area contributed by atoms with Crippen LogP contribution in [0.1, 0.15) is 19.0 Å². The molecule has 3 aromatic rings. The molecule has 36 heavy (non-hydrogen) atoms. The highest BCUT2D eigenvalue weighted by atomic mass is 19.1. The molecule has 10 nitrogen and oxygen atoms in total. The Labute approximate surface area is 209 Å². The van der Waals surface area contributed by atoms with E-state index in [0.717, 1.165) is 6.54 Å². The Morgan fingerprint density at radius 2 is 1.83 bits per heavy atom. The van der Waals surface area contributed by atoms with Gasteiger partial charge in [-0.3, -0.25) is 4.79 Å². The third kappa shape index (κ3) is 5.69. The Bertz CT molecular complexity index is 1190. The van der Waals surface area contributed by atoms with Gasteiger partial charge in [0.05, 0.1) is 35.7 Å². The summed E-state index contributed by atoms with van der Waals surface area (Å²) in [6.45, 7) is 3.70. The Balaban J connectivity index is 1.64. The molecular formula is C25H32FN7O3. The van der Waals surface area contributed by atoms with Crippen LogP contribution in [-0.2, 0) is 14.3 Å². The minimum absolute atomic E-state index is 0.0663. The molecule has 0 atom stereocenters. The first-order valence-electron chi connectivity index (χ1n) is 11.7. The molecule has 0 spiro atoms. The van der Waals surface area contributed by atoms with Crippen LogP contribution in [0.3, 0.4) is 0 Å². The van der Waals surface area contributed by atoms with Gasteiger partial charge in [0.2, 0.25) is 18.1 Å². The summed E-state index contributed by atoms with van der Waals surface area (Å²) in [5, 5.41) is 3.22. The molecule has 1 aliphatic rings. The summed E-state index contributed by atoms with van der Waals surface area (Å²) in [5.74, 6) is 0.515. The van der Waals surface area contributed by atoms with E-state index in [1.165, 1.54) is 17.0 Å². The maximum Gasteiger partial charge on any atom is 0.232 e. The third-order valence-electron chi connectivity index (χ3n) is 5.85. The lowest BCUT2D eigenvalue weighted by Crippen LogP contribution is -2.48. The maximum absolute atomic E-state index is 13.6. The van der Waals surface area contributed by atoms with E-state index in [9.17, 15) is 9.18 Å². The fourth-order valence-corrected chi connectivity index (χ4v) is 3.91. The topological polar surface area (TPSA) is 108 Å². The summed E-state index contributed by atoms with van der Waals surface area (Å²) in [6.07, 6.45) is 0.877. The summed E-state index contributed by atoms with van der Waals surface area (Å²) >= 11 is 0. The van der Waals surface area contributed by atoms with Crippen LogP contribution >= 0.6 is 0 Å². The van der Waals surface area contributed by atoms with Gasteiger partial charge in [-0.25, -0.2) is 19.3 Å². The lowest BCUT2D eigenvalue weighted by molar-refractivity contribution is -0.233. The van der Waals surface area contributed by atoms with E-state index in [0.29, 0.717) is 41.0 Å². The molecule has 0 unspecified atom stereocenters. The number of aromatic amines is 1. The SMILES string of the molecule is CN(C)CCNc1nccc(-c2[nH]c(C3OCC(C)(C(=O)N(C)C)CO3)nc2-c2ccc(F)cc2)n1. The highest BCUT2D eigenvalue weighted by Gasteiger charge is 2.41. The normalized spacial score (nSPS) is 19.9. The minimum atomic E-state index is -0.791. The van der Waals surface area contributed by atoms with Crippen molar-refractivity contribution in [3.8, 4) is 22.6 Å². The number of carbonyl (C=O) groups excluding carboxylic acids is 1. The minimum Gasteiger partial charge on any atom is -0.353 e.